The van der Waals surface area contributed by atoms with Gasteiger partial charge in [-0.1, -0.05) is 32.9 Å². The predicted molar refractivity (Wildman–Crippen MR) is 131 cm³/mol. The first-order valence-corrected chi connectivity index (χ1v) is 11.5. The van der Waals surface area contributed by atoms with Gasteiger partial charge < -0.3 is 14.3 Å². The number of ketones is 1. The van der Waals surface area contributed by atoms with E-state index in [-0.39, 0.29) is 11.3 Å². The van der Waals surface area contributed by atoms with E-state index in [4.69, 9.17) is 9.15 Å². The fraction of sp³-hybridized carbons (Fsp3) is 0.286. The Labute approximate surface area is 199 Å². The van der Waals surface area contributed by atoms with Crippen LogP contribution in [0.2, 0.25) is 0 Å². The third-order valence-corrected chi connectivity index (χ3v) is 5.90. The number of carbonyl (C=O) groups is 2. The molecule has 1 atom stereocenters. The molecule has 4 rings (SSSR count). The molecule has 0 bridgehead atoms. The van der Waals surface area contributed by atoms with E-state index in [0.29, 0.717) is 35.3 Å². The van der Waals surface area contributed by atoms with Gasteiger partial charge in [0.15, 0.2) is 0 Å². The number of hydrogen-bond acceptors (Lipinski definition) is 5. The summed E-state index contributed by atoms with van der Waals surface area (Å²) >= 11 is 0. The molecule has 0 saturated carbocycles. The zero-order valence-electron chi connectivity index (χ0n) is 19.9. The molecule has 2 aromatic carbocycles. The zero-order valence-corrected chi connectivity index (χ0v) is 19.9. The minimum atomic E-state index is -0.875. The van der Waals surface area contributed by atoms with E-state index in [1.807, 2.05) is 38.1 Å². The van der Waals surface area contributed by atoms with Gasteiger partial charge in [-0.2, -0.15) is 0 Å². The Morgan fingerprint density at radius 2 is 1.85 bits per heavy atom. The highest BCUT2D eigenvalue weighted by molar-refractivity contribution is 6.51. The van der Waals surface area contributed by atoms with Crippen molar-refractivity contribution in [2.75, 3.05) is 11.5 Å². The van der Waals surface area contributed by atoms with Gasteiger partial charge >= 0.3 is 0 Å². The average molecular weight is 460 g/mol. The van der Waals surface area contributed by atoms with Crippen LogP contribution in [-0.4, -0.2) is 23.4 Å². The van der Waals surface area contributed by atoms with E-state index >= 15 is 0 Å². The largest absolute Gasteiger partial charge is 0.507 e. The molecule has 1 N–H and O–H groups in total. The van der Waals surface area contributed by atoms with Crippen LogP contribution < -0.4 is 9.64 Å². The molecule has 2 heterocycles. The van der Waals surface area contributed by atoms with Gasteiger partial charge in [-0.3, -0.25) is 14.5 Å². The summed E-state index contributed by atoms with van der Waals surface area (Å²) in [5, 5.41) is 11.3. The summed E-state index contributed by atoms with van der Waals surface area (Å²) < 4.78 is 11.4. The van der Waals surface area contributed by atoms with Crippen molar-refractivity contribution in [2.45, 2.75) is 40.2 Å². The van der Waals surface area contributed by atoms with E-state index in [2.05, 4.69) is 13.8 Å². The highest BCUT2D eigenvalue weighted by atomic mass is 16.5. The first-order valence-electron chi connectivity index (χ1n) is 11.5. The van der Waals surface area contributed by atoms with Crippen molar-refractivity contribution in [1.82, 2.24) is 0 Å². The number of benzene rings is 2. The molecule has 6 heteroatoms. The van der Waals surface area contributed by atoms with Crippen LogP contribution in [0.15, 0.2) is 70.9 Å². The third kappa shape index (κ3) is 4.36. The van der Waals surface area contributed by atoms with Gasteiger partial charge in [0, 0.05) is 11.3 Å². The summed E-state index contributed by atoms with van der Waals surface area (Å²) in [5.74, 6) is -0.218. The summed E-state index contributed by atoms with van der Waals surface area (Å²) in [4.78, 5) is 27.7. The van der Waals surface area contributed by atoms with E-state index in [9.17, 15) is 14.7 Å². The molecule has 176 valence electrons. The monoisotopic (exact) mass is 459 g/mol. The van der Waals surface area contributed by atoms with Gasteiger partial charge in [-0.15, -0.1) is 0 Å². The number of anilines is 1. The number of furan rings is 1. The number of ether oxygens (including phenoxy) is 1. The minimum Gasteiger partial charge on any atom is -0.507 e. The molecule has 1 aromatic heterocycles. The van der Waals surface area contributed by atoms with Crippen molar-refractivity contribution in [3.05, 3.63) is 88.9 Å². The summed E-state index contributed by atoms with van der Waals surface area (Å²) in [6.07, 6.45) is 2.34. The Morgan fingerprint density at radius 1 is 1.12 bits per heavy atom. The van der Waals surface area contributed by atoms with Gasteiger partial charge in [0.25, 0.3) is 11.7 Å². The number of Topliss-reactive ketones (excluding diaryl/α,β-unsaturated/α-hetero) is 1. The molecule has 0 aliphatic carbocycles. The van der Waals surface area contributed by atoms with E-state index in [1.165, 1.54) is 11.2 Å². The summed E-state index contributed by atoms with van der Waals surface area (Å²) in [6.45, 7) is 8.64. The highest BCUT2D eigenvalue weighted by Gasteiger charge is 2.48. The molecule has 1 aliphatic heterocycles. The van der Waals surface area contributed by atoms with Crippen LogP contribution in [0.4, 0.5) is 5.69 Å². The Bertz CT molecular complexity index is 1220. The standard InChI is InChI=1S/C28H29NO5/c1-5-19-8-11-21(12-9-19)29-25(23-7-6-14-33-23)24(27(31)28(29)32)26(30)20-10-13-22(18(4)15-20)34-16-17(2)3/h6-15,17,25,30H,5,16H2,1-4H3/b26-24-. The molecule has 1 amide bonds. The fourth-order valence-corrected chi connectivity index (χ4v) is 4.08. The Morgan fingerprint density at radius 3 is 2.44 bits per heavy atom. The molecule has 0 radical (unpaired) electrons. The molecule has 6 nitrogen and oxygen atoms in total. The van der Waals surface area contributed by atoms with Gasteiger partial charge in [-0.25, -0.2) is 0 Å². The lowest BCUT2D eigenvalue weighted by Gasteiger charge is -2.23. The average Bonchev–Trinajstić information content (AvgIpc) is 3.45. The molecule has 1 fully saturated rings. The molecule has 0 spiro atoms. The normalized spacial score (nSPS) is 17.6. The topological polar surface area (TPSA) is 80.0 Å². The van der Waals surface area contributed by atoms with Crippen molar-refractivity contribution >= 4 is 23.1 Å². The highest BCUT2D eigenvalue weighted by Crippen LogP contribution is 2.42. The van der Waals surface area contributed by atoms with Gasteiger partial charge in [-0.05, 0) is 72.9 Å². The summed E-state index contributed by atoms with van der Waals surface area (Å²) in [6, 6.07) is 15.2. The molecular formula is C28H29NO5. The number of aliphatic hydroxyl groups excluding tert-OH is 1. The second-order valence-electron chi connectivity index (χ2n) is 8.89. The lowest BCUT2D eigenvalue weighted by Crippen LogP contribution is -2.29. The Balaban J connectivity index is 1.79. The fourth-order valence-electron chi connectivity index (χ4n) is 4.08. The van der Waals surface area contributed by atoms with E-state index in [0.717, 1.165) is 17.5 Å². The van der Waals surface area contributed by atoms with Crippen LogP contribution in [0.5, 0.6) is 5.75 Å². The van der Waals surface area contributed by atoms with Crippen LogP contribution in [0.25, 0.3) is 5.76 Å². The molecule has 1 saturated heterocycles. The summed E-state index contributed by atoms with van der Waals surface area (Å²) in [7, 11) is 0. The van der Waals surface area contributed by atoms with Crippen molar-refractivity contribution in [3.8, 4) is 5.75 Å². The SMILES string of the molecule is CCc1ccc(N2C(=O)C(=O)/C(=C(\O)c3ccc(OCC(C)C)c(C)c3)C2c2ccco2)cc1. The number of amides is 1. The van der Waals surface area contributed by atoms with Crippen LogP contribution in [0, 0.1) is 12.8 Å². The number of aliphatic hydroxyl groups is 1. The number of carbonyl (C=O) groups excluding carboxylic acids is 2. The first kappa shape index (κ1) is 23.4. The molecular weight excluding hydrogens is 430 g/mol. The Hall–Kier alpha value is -3.80. The molecule has 34 heavy (non-hydrogen) atoms. The van der Waals surface area contributed by atoms with E-state index in [1.54, 1.807) is 30.3 Å². The van der Waals surface area contributed by atoms with Crippen molar-refractivity contribution in [1.29, 1.82) is 0 Å². The van der Waals surface area contributed by atoms with Crippen molar-refractivity contribution in [2.24, 2.45) is 5.92 Å². The molecule has 3 aromatic rings. The van der Waals surface area contributed by atoms with Crippen LogP contribution >= 0.6 is 0 Å². The smallest absolute Gasteiger partial charge is 0.300 e. The third-order valence-electron chi connectivity index (χ3n) is 5.90. The second-order valence-corrected chi connectivity index (χ2v) is 8.89. The van der Waals surface area contributed by atoms with Crippen molar-refractivity contribution < 1.29 is 23.8 Å². The molecule has 1 aliphatic rings. The zero-order chi connectivity index (χ0) is 24.4. The summed E-state index contributed by atoms with van der Waals surface area (Å²) in [5.41, 5.74) is 2.93. The van der Waals surface area contributed by atoms with Gasteiger partial charge in [0.2, 0.25) is 0 Å². The number of rotatable bonds is 7. The first-order chi connectivity index (χ1) is 16.3. The van der Waals surface area contributed by atoms with Crippen LogP contribution in [0.1, 0.15) is 49.3 Å². The lowest BCUT2D eigenvalue weighted by molar-refractivity contribution is -0.132. The maximum atomic E-state index is 13.2. The quantitative estimate of drug-likeness (QED) is 0.274. The van der Waals surface area contributed by atoms with Crippen LogP contribution in [-0.2, 0) is 16.0 Å². The van der Waals surface area contributed by atoms with Gasteiger partial charge in [0.05, 0.1) is 18.4 Å². The minimum absolute atomic E-state index is 0.00485. The second kappa shape index (κ2) is 9.59. The maximum absolute atomic E-state index is 13.2. The van der Waals surface area contributed by atoms with Crippen molar-refractivity contribution in [3.63, 3.8) is 0 Å². The van der Waals surface area contributed by atoms with Gasteiger partial charge in [0.1, 0.15) is 23.3 Å². The maximum Gasteiger partial charge on any atom is 0.300 e. The number of aryl methyl sites for hydroxylation is 2. The van der Waals surface area contributed by atoms with E-state index < -0.39 is 17.7 Å². The predicted octanol–water partition coefficient (Wildman–Crippen LogP) is 5.81. The van der Waals surface area contributed by atoms with Crippen LogP contribution in [0.3, 0.4) is 0 Å². The Kier molecular flexibility index (Phi) is 6.59. The number of hydrogen-bond donors (Lipinski definition) is 1. The lowest BCUT2D eigenvalue weighted by atomic mass is 9.98. The number of nitrogens with zero attached hydrogens (tertiary/aromatic N) is 1. The molecule has 1 unspecified atom stereocenters.